The van der Waals surface area contributed by atoms with Crippen LogP contribution in [0.1, 0.15) is 30.1 Å². The summed E-state index contributed by atoms with van der Waals surface area (Å²) in [5, 5.41) is 0. The highest BCUT2D eigenvalue weighted by atomic mass is 32.2. The second-order valence-electron chi connectivity index (χ2n) is 6.05. The highest BCUT2D eigenvalue weighted by Gasteiger charge is 2.22. The number of hydrogen-bond donors (Lipinski definition) is 1. The van der Waals surface area contributed by atoms with Crippen LogP contribution in [0, 0.1) is 0 Å². The summed E-state index contributed by atoms with van der Waals surface area (Å²) in [7, 11) is -3.79. The molecule has 1 amide bonds. The molecule has 0 saturated carbocycles. The van der Waals surface area contributed by atoms with E-state index in [9.17, 15) is 18.0 Å². The van der Waals surface area contributed by atoms with Crippen LogP contribution in [0.4, 0.5) is 11.4 Å². The number of sulfonamides is 1. The molecule has 0 radical (unpaired) electrons. The molecule has 1 fully saturated rings. The van der Waals surface area contributed by atoms with Crippen molar-refractivity contribution in [2.24, 2.45) is 0 Å². The van der Waals surface area contributed by atoms with Crippen LogP contribution in [0.2, 0.25) is 0 Å². The molecule has 1 heterocycles. The van der Waals surface area contributed by atoms with Crippen LogP contribution in [0.5, 0.6) is 0 Å². The van der Waals surface area contributed by atoms with Gasteiger partial charge in [-0.1, -0.05) is 0 Å². The fraction of sp³-hybridized carbons (Fsp3) is 0.263. The summed E-state index contributed by atoms with van der Waals surface area (Å²) < 4.78 is 32.4. The van der Waals surface area contributed by atoms with Crippen LogP contribution < -0.4 is 9.62 Å². The Balaban J connectivity index is 1.72. The van der Waals surface area contributed by atoms with Crippen LogP contribution in [0.3, 0.4) is 0 Å². The first kappa shape index (κ1) is 18.9. The molecule has 0 aromatic heterocycles. The second-order valence-corrected chi connectivity index (χ2v) is 7.73. The van der Waals surface area contributed by atoms with E-state index in [1.165, 1.54) is 24.3 Å². The Kier molecular flexibility index (Phi) is 5.46. The zero-order chi connectivity index (χ0) is 19.4. The lowest BCUT2D eigenvalue weighted by Crippen LogP contribution is -2.23. The van der Waals surface area contributed by atoms with Gasteiger partial charge in [-0.2, -0.15) is 0 Å². The van der Waals surface area contributed by atoms with Crippen molar-refractivity contribution < 1.29 is 22.7 Å². The van der Waals surface area contributed by atoms with Gasteiger partial charge in [0.1, 0.15) is 0 Å². The fourth-order valence-electron chi connectivity index (χ4n) is 2.83. The van der Waals surface area contributed by atoms with Crippen LogP contribution >= 0.6 is 0 Å². The van der Waals surface area contributed by atoms with Crippen molar-refractivity contribution in [1.82, 2.24) is 0 Å². The van der Waals surface area contributed by atoms with Crippen molar-refractivity contribution >= 4 is 33.3 Å². The van der Waals surface area contributed by atoms with Gasteiger partial charge in [-0.25, -0.2) is 13.2 Å². The van der Waals surface area contributed by atoms with E-state index in [1.54, 1.807) is 36.1 Å². The molecule has 0 atom stereocenters. The number of nitrogens with one attached hydrogen (secondary N) is 1. The van der Waals surface area contributed by atoms with Gasteiger partial charge in [0, 0.05) is 24.3 Å². The maximum Gasteiger partial charge on any atom is 0.338 e. The molecule has 1 aliphatic heterocycles. The van der Waals surface area contributed by atoms with E-state index in [1.807, 2.05) is 0 Å². The number of anilines is 2. The summed E-state index contributed by atoms with van der Waals surface area (Å²) in [5.74, 6) is -0.425. The number of ether oxygens (including phenoxy) is 1. The van der Waals surface area contributed by atoms with Crippen molar-refractivity contribution in [3.05, 3.63) is 54.1 Å². The van der Waals surface area contributed by atoms with Gasteiger partial charge in [-0.15, -0.1) is 0 Å². The first-order valence-corrected chi connectivity index (χ1v) is 10.1. The van der Waals surface area contributed by atoms with E-state index in [4.69, 9.17) is 4.74 Å². The number of carbonyl (C=O) groups is 2. The smallest absolute Gasteiger partial charge is 0.338 e. The van der Waals surface area contributed by atoms with Crippen LogP contribution in [-0.4, -0.2) is 33.4 Å². The third-order valence-electron chi connectivity index (χ3n) is 4.18. The molecule has 1 saturated heterocycles. The number of nitrogens with zero attached hydrogens (tertiary/aromatic N) is 1. The maximum atomic E-state index is 12.5. The lowest BCUT2D eigenvalue weighted by molar-refractivity contribution is -0.117. The molecular weight excluding hydrogens is 368 g/mol. The molecule has 8 heteroatoms. The minimum Gasteiger partial charge on any atom is -0.462 e. The summed E-state index contributed by atoms with van der Waals surface area (Å²) in [6.07, 6.45) is 1.37. The Hall–Kier alpha value is -2.87. The number of rotatable bonds is 6. The number of esters is 1. The van der Waals surface area contributed by atoms with Crippen LogP contribution in [-0.2, 0) is 19.6 Å². The molecule has 0 bridgehead atoms. The van der Waals surface area contributed by atoms with Gasteiger partial charge in [0.05, 0.1) is 17.1 Å². The molecule has 3 rings (SSSR count). The van der Waals surface area contributed by atoms with Gasteiger partial charge in [0.2, 0.25) is 5.91 Å². The lowest BCUT2D eigenvalue weighted by atomic mass is 10.2. The Morgan fingerprint density at radius 1 is 1.11 bits per heavy atom. The minimum absolute atomic E-state index is 0.0364. The molecule has 1 aliphatic rings. The van der Waals surface area contributed by atoms with E-state index in [0.717, 1.165) is 12.1 Å². The summed E-state index contributed by atoms with van der Waals surface area (Å²) in [6, 6.07) is 12.2. The topological polar surface area (TPSA) is 92.8 Å². The number of benzene rings is 2. The zero-order valence-corrected chi connectivity index (χ0v) is 15.7. The first-order valence-electron chi connectivity index (χ1n) is 8.61. The van der Waals surface area contributed by atoms with Gasteiger partial charge in [-0.3, -0.25) is 9.52 Å². The van der Waals surface area contributed by atoms with Crippen molar-refractivity contribution in [2.75, 3.05) is 22.8 Å². The highest BCUT2D eigenvalue weighted by molar-refractivity contribution is 7.92. The predicted molar refractivity (Wildman–Crippen MR) is 101 cm³/mol. The average Bonchev–Trinajstić information content (AvgIpc) is 3.08. The van der Waals surface area contributed by atoms with Gasteiger partial charge >= 0.3 is 5.97 Å². The molecular formula is C19H20N2O5S. The van der Waals surface area contributed by atoms with Gasteiger partial charge in [-0.05, 0) is 61.9 Å². The summed E-state index contributed by atoms with van der Waals surface area (Å²) in [5.41, 5.74) is 1.43. The van der Waals surface area contributed by atoms with Crippen molar-refractivity contribution in [3.63, 3.8) is 0 Å². The fourth-order valence-corrected chi connectivity index (χ4v) is 3.89. The maximum absolute atomic E-state index is 12.5. The standard InChI is InChI=1S/C19H20N2O5S/c1-2-26-19(23)14-5-11-17(12-6-14)27(24,25)20-15-7-9-16(10-8-15)21-13-3-4-18(21)22/h5-12,20H,2-4,13H2,1H3. The molecule has 27 heavy (non-hydrogen) atoms. The van der Waals surface area contributed by atoms with Gasteiger partial charge in [0.25, 0.3) is 10.0 Å². The van der Waals surface area contributed by atoms with Crippen molar-refractivity contribution in [3.8, 4) is 0 Å². The average molecular weight is 388 g/mol. The Labute approximate surface area is 158 Å². The van der Waals surface area contributed by atoms with Crippen molar-refractivity contribution in [1.29, 1.82) is 0 Å². The van der Waals surface area contributed by atoms with E-state index in [-0.39, 0.29) is 23.0 Å². The molecule has 0 aliphatic carbocycles. The van der Waals surface area contributed by atoms with Gasteiger partial charge in [0.15, 0.2) is 0 Å². The van der Waals surface area contributed by atoms with Crippen LogP contribution in [0.25, 0.3) is 0 Å². The van der Waals surface area contributed by atoms with Crippen LogP contribution in [0.15, 0.2) is 53.4 Å². The third-order valence-corrected chi connectivity index (χ3v) is 5.58. The van der Waals surface area contributed by atoms with E-state index < -0.39 is 16.0 Å². The molecule has 1 N–H and O–H groups in total. The van der Waals surface area contributed by atoms with E-state index in [0.29, 0.717) is 18.7 Å². The quantitative estimate of drug-likeness (QED) is 0.768. The van der Waals surface area contributed by atoms with E-state index >= 15 is 0 Å². The largest absolute Gasteiger partial charge is 0.462 e. The molecule has 2 aromatic carbocycles. The molecule has 7 nitrogen and oxygen atoms in total. The van der Waals surface area contributed by atoms with E-state index in [2.05, 4.69) is 4.72 Å². The SMILES string of the molecule is CCOC(=O)c1ccc(S(=O)(=O)Nc2ccc(N3CCCC3=O)cc2)cc1. The Bertz CT molecular complexity index is 937. The summed E-state index contributed by atoms with van der Waals surface area (Å²) in [6.45, 7) is 2.63. The molecule has 0 spiro atoms. The number of carbonyl (C=O) groups excluding carboxylic acids is 2. The highest BCUT2D eigenvalue weighted by Crippen LogP contribution is 2.24. The number of amides is 1. The minimum atomic E-state index is -3.79. The zero-order valence-electron chi connectivity index (χ0n) is 14.8. The summed E-state index contributed by atoms with van der Waals surface area (Å²) >= 11 is 0. The Morgan fingerprint density at radius 3 is 2.33 bits per heavy atom. The normalized spacial score (nSPS) is 14.3. The molecule has 0 unspecified atom stereocenters. The number of hydrogen-bond acceptors (Lipinski definition) is 5. The van der Waals surface area contributed by atoms with Gasteiger partial charge < -0.3 is 9.64 Å². The summed E-state index contributed by atoms with van der Waals surface area (Å²) in [4.78, 5) is 25.1. The predicted octanol–water partition coefficient (Wildman–Crippen LogP) is 2.79. The molecule has 2 aromatic rings. The lowest BCUT2D eigenvalue weighted by Gasteiger charge is -2.16. The second kappa shape index (κ2) is 7.79. The third kappa shape index (κ3) is 4.28. The van der Waals surface area contributed by atoms with Crippen molar-refractivity contribution in [2.45, 2.75) is 24.7 Å². The molecule has 142 valence electrons. The monoisotopic (exact) mass is 388 g/mol. The Morgan fingerprint density at radius 2 is 1.78 bits per heavy atom. The first-order chi connectivity index (χ1) is 12.9.